The second-order valence-corrected chi connectivity index (χ2v) is 6.88. The van der Waals surface area contributed by atoms with E-state index in [1.54, 1.807) is 17.9 Å². The Bertz CT molecular complexity index is 971. The molecule has 3 aromatic rings. The first-order chi connectivity index (χ1) is 13.6. The molecule has 1 fully saturated rings. The number of para-hydroxylation sites is 1. The largest absolute Gasteiger partial charge is 0.448 e. The summed E-state index contributed by atoms with van der Waals surface area (Å²) in [6, 6.07) is 11.1. The number of hydrogen-bond donors (Lipinski definition) is 0. The number of aryl methyl sites for hydroxylation is 2. The molecule has 3 heterocycles. The average molecular weight is 378 g/mol. The monoisotopic (exact) mass is 378 g/mol. The summed E-state index contributed by atoms with van der Waals surface area (Å²) < 4.78 is 11.1. The Hall–Kier alpha value is -3.22. The summed E-state index contributed by atoms with van der Waals surface area (Å²) in [5.41, 5.74) is 1.11. The third-order valence-corrected chi connectivity index (χ3v) is 4.71. The topological polar surface area (TPSA) is 81.4 Å². The van der Waals surface area contributed by atoms with E-state index < -0.39 is 0 Å². The van der Waals surface area contributed by atoms with E-state index in [0.29, 0.717) is 35.6 Å². The minimum atomic E-state index is -0.212. The highest BCUT2D eigenvalue weighted by atomic mass is 16.5. The van der Waals surface area contributed by atoms with Crippen LogP contribution in [-0.4, -0.2) is 32.3 Å². The molecule has 0 aliphatic carbocycles. The molecule has 7 nitrogen and oxygen atoms in total. The van der Waals surface area contributed by atoms with E-state index >= 15 is 0 Å². The third-order valence-electron chi connectivity index (χ3n) is 4.71. The van der Waals surface area contributed by atoms with Crippen molar-refractivity contribution in [3.8, 4) is 11.6 Å². The van der Waals surface area contributed by atoms with Crippen LogP contribution in [0.3, 0.4) is 0 Å². The maximum absolute atomic E-state index is 13.0. The molecule has 144 valence electrons. The second kappa shape index (κ2) is 7.80. The number of likely N-dealkylation sites (tertiary alicyclic amines) is 1. The van der Waals surface area contributed by atoms with Gasteiger partial charge in [-0.15, -0.1) is 0 Å². The third kappa shape index (κ3) is 3.88. The average Bonchev–Trinajstić information content (AvgIpc) is 3.14. The Balaban J connectivity index is 1.63. The number of benzene rings is 1. The molecule has 7 heteroatoms. The normalized spacial score (nSPS) is 16.8. The summed E-state index contributed by atoms with van der Waals surface area (Å²) in [6.45, 7) is 4.27. The molecule has 4 rings (SSSR count). The highest BCUT2D eigenvalue weighted by molar-refractivity contribution is 5.92. The minimum absolute atomic E-state index is 0.155. The van der Waals surface area contributed by atoms with Crippen molar-refractivity contribution in [2.45, 2.75) is 39.2 Å². The lowest BCUT2D eigenvalue weighted by Crippen LogP contribution is -2.39. The van der Waals surface area contributed by atoms with Crippen LogP contribution in [0.25, 0.3) is 0 Å². The van der Waals surface area contributed by atoms with Gasteiger partial charge >= 0.3 is 0 Å². The Morgan fingerprint density at radius 1 is 1.14 bits per heavy atom. The molecule has 0 N–H and O–H groups in total. The molecule has 2 aromatic heterocycles. The fourth-order valence-electron chi connectivity index (χ4n) is 3.42. The number of aromatic nitrogens is 3. The summed E-state index contributed by atoms with van der Waals surface area (Å²) >= 11 is 0. The van der Waals surface area contributed by atoms with Crippen LogP contribution in [0.15, 0.2) is 47.1 Å². The fourth-order valence-corrected chi connectivity index (χ4v) is 3.42. The van der Waals surface area contributed by atoms with Crippen molar-refractivity contribution in [3.05, 3.63) is 65.8 Å². The molecule has 0 radical (unpaired) electrons. The molecule has 1 atom stereocenters. The number of oxazole rings is 1. The van der Waals surface area contributed by atoms with E-state index in [-0.39, 0.29) is 11.9 Å². The number of piperidine rings is 1. The molecule has 1 saturated heterocycles. The number of ether oxygens (including phenoxy) is 1. The fraction of sp³-hybridized carbons (Fsp3) is 0.333. The summed E-state index contributed by atoms with van der Waals surface area (Å²) in [5, 5.41) is 0. The van der Waals surface area contributed by atoms with Gasteiger partial charge in [-0.25, -0.2) is 9.97 Å². The van der Waals surface area contributed by atoms with Gasteiger partial charge in [0.05, 0.1) is 6.04 Å². The molecule has 1 aromatic carbocycles. The summed E-state index contributed by atoms with van der Waals surface area (Å²) in [5.74, 6) is 2.10. The van der Waals surface area contributed by atoms with Gasteiger partial charge in [-0.1, -0.05) is 18.2 Å². The van der Waals surface area contributed by atoms with Gasteiger partial charge in [-0.2, -0.15) is 4.98 Å². The van der Waals surface area contributed by atoms with Gasteiger partial charge in [0.1, 0.15) is 12.0 Å². The van der Waals surface area contributed by atoms with Crippen LogP contribution >= 0.6 is 0 Å². The Labute approximate surface area is 163 Å². The highest BCUT2D eigenvalue weighted by Gasteiger charge is 2.32. The van der Waals surface area contributed by atoms with Crippen LogP contribution in [0.4, 0.5) is 0 Å². The van der Waals surface area contributed by atoms with Crippen molar-refractivity contribution in [1.29, 1.82) is 0 Å². The summed E-state index contributed by atoms with van der Waals surface area (Å²) in [7, 11) is 0. The number of carbonyl (C=O) groups excluding carboxylic acids is 1. The van der Waals surface area contributed by atoms with Crippen LogP contribution < -0.4 is 4.74 Å². The van der Waals surface area contributed by atoms with Crippen molar-refractivity contribution in [2.75, 3.05) is 6.54 Å². The quantitative estimate of drug-likeness (QED) is 0.675. The summed E-state index contributed by atoms with van der Waals surface area (Å²) in [6.07, 6.45) is 4.16. The smallest absolute Gasteiger partial charge is 0.276 e. The number of carbonyl (C=O) groups is 1. The molecule has 0 spiro atoms. The van der Waals surface area contributed by atoms with Gasteiger partial charge in [-0.3, -0.25) is 4.79 Å². The van der Waals surface area contributed by atoms with Gasteiger partial charge in [0, 0.05) is 25.2 Å². The molecule has 1 aliphatic rings. The molecule has 0 bridgehead atoms. The molecular formula is C21H22N4O3. The van der Waals surface area contributed by atoms with E-state index in [0.717, 1.165) is 25.0 Å². The second-order valence-electron chi connectivity index (χ2n) is 6.88. The van der Waals surface area contributed by atoms with E-state index in [4.69, 9.17) is 9.15 Å². The maximum Gasteiger partial charge on any atom is 0.276 e. The molecule has 0 saturated carbocycles. The lowest BCUT2D eigenvalue weighted by molar-refractivity contribution is 0.0592. The number of hydrogen-bond acceptors (Lipinski definition) is 6. The SMILES string of the molecule is Cc1cc(Oc2ccccc2)nc([C@@H]2CCCCN2C(=O)c2coc(C)n2)n1. The van der Waals surface area contributed by atoms with Gasteiger partial charge in [0.2, 0.25) is 5.88 Å². The van der Waals surface area contributed by atoms with E-state index in [9.17, 15) is 4.79 Å². The molecule has 0 unspecified atom stereocenters. The number of rotatable bonds is 4. The van der Waals surface area contributed by atoms with Crippen molar-refractivity contribution < 1.29 is 13.9 Å². The minimum Gasteiger partial charge on any atom is -0.448 e. The maximum atomic E-state index is 13.0. The van der Waals surface area contributed by atoms with Gasteiger partial charge < -0.3 is 14.1 Å². The first-order valence-electron chi connectivity index (χ1n) is 9.42. The standard InChI is InChI=1S/C21H22N4O3/c1-14-12-19(28-16-8-4-3-5-9-16)24-20(22-14)18-10-6-7-11-25(18)21(26)17-13-27-15(2)23-17/h3-5,8-9,12-13,18H,6-7,10-11H2,1-2H3/t18-/m0/s1. The molecule has 1 aliphatic heterocycles. The molecular weight excluding hydrogens is 356 g/mol. The zero-order valence-corrected chi connectivity index (χ0v) is 16.0. The van der Waals surface area contributed by atoms with Crippen LogP contribution in [0.5, 0.6) is 11.6 Å². The first-order valence-corrected chi connectivity index (χ1v) is 9.42. The molecule has 1 amide bonds. The number of nitrogens with zero attached hydrogens (tertiary/aromatic N) is 4. The van der Waals surface area contributed by atoms with E-state index in [1.807, 2.05) is 37.3 Å². The van der Waals surface area contributed by atoms with Crippen molar-refractivity contribution >= 4 is 5.91 Å². The Morgan fingerprint density at radius 3 is 2.71 bits per heavy atom. The Kier molecular flexibility index (Phi) is 5.06. The number of amides is 1. The summed E-state index contributed by atoms with van der Waals surface area (Å²) in [4.78, 5) is 28.2. The van der Waals surface area contributed by atoms with Crippen molar-refractivity contribution in [2.24, 2.45) is 0 Å². The van der Waals surface area contributed by atoms with Crippen LogP contribution in [0, 0.1) is 13.8 Å². The highest BCUT2D eigenvalue weighted by Crippen LogP contribution is 2.32. The van der Waals surface area contributed by atoms with Gasteiger partial charge in [0.25, 0.3) is 5.91 Å². The predicted molar refractivity (Wildman–Crippen MR) is 102 cm³/mol. The van der Waals surface area contributed by atoms with E-state index in [1.165, 1.54) is 6.26 Å². The zero-order chi connectivity index (χ0) is 19.5. The molecule has 28 heavy (non-hydrogen) atoms. The van der Waals surface area contributed by atoms with Gasteiger partial charge in [0.15, 0.2) is 17.4 Å². The van der Waals surface area contributed by atoms with Crippen LogP contribution in [-0.2, 0) is 0 Å². The first kappa shape index (κ1) is 18.2. The van der Waals surface area contributed by atoms with Gasteiger partial charge in [-0.05, 0) is 38.3 Å². The van der Waals surface area contributed by atoms with E-state index in [2.05, 4.69) is 15.0 Å². The Morgan fingerprint density at radius 2 is 1.96 bits per heavy atom. The van der Waals surface area contributed by atoms with Crippen LogP contribution in [0.1, 0.15) is 53.2 Å². The van der Waals surface area contributed by atoms with Crippen molar-refractivity contribution in [3.63, 3.8) is 0 Å². The zero-order valence-electron chi connectivity index (χ0n) is 16.0. The lowest BCUT2D eigenvalue weighted by atomic mass is 10.0. The lowest BCUT2D eigenvalue weighted by Gasteiger charge is -2.34. The van der Waals surface area contributed by atoms with Crippen molar-refractivity contribution in [1.82, 2.24) is 19.9 Å². The predicted octanol–water partition coefficient (Wildman–Crippen LogP) is 4.24. The van der Waals surface area contributed by atoms with Crippen LogP contribution in [0.2, 0.25) is 0 Å².